The highest BCUT2D eigenvalue weighted by Gasteiger charge is 2.11. The maximum atomic E-state index is 11.9. The molecule has 4 heteroatoms. The van der Waals surface area contributed by atoms with Crippen LogP contribution >= 0.6 is 0 Å². The van der Waals surface area contributed by atoms with Crippen molar-refractivity contribution in [1.29, 1.82) is 0 Å². The molecule has 2 rings (SSSR count). The van der Waals surface area contributed by atoms with Gasteiger partial charge in [0.05, 0.1) is 0 Å². The van der Waals surface area contributed by atoms with Gasteiger partial charge in [-0.05, 0) is 36.2 Å². The molecule has 0 aliphatic rings. The number of hydrogen-bond donors (Lipinski definition) is 1. The Labute approximate surface area is 112 Å². The van der Waals surface area contributed by atoms with Gasteiger partial charge in [-0.3, -0.25) is 4.79 Å². The van der Waals surface area contributed by atoms with Gasteiger partial charge >= 0.3 is 0 Å². The molecule has 19 heavy (non-hydrogen) atoms. The average molecular weight is 259 g/mol. The van der Waals surface area contributed by atoms with E-state index >= 15 is 0 Å². The van der Waals surface area contributed by atoms with Crippen molar-refractivity contribution in [3.8, 4) is 0 Å². The molecule has 2 aromatic rings. The number of aryl methyl sites for hydroxylation is 1. The highest BCUT2D eigenvalue weighted by atomic mass is 16.5. The summed E-state index contributed by atoms with van der Waals surface area (Å²) in [6, 6.07) is 11.1. The molecular weight excluding hydrogens is 242 g/mol. The van der Waals surface area contributed by atoms with Crippen LogP contribution in [0.25, 0.3) is 0 Å². The van der Waals surface area contributed by atoms with Crippen LogP contribution in [0.3, 0.4) is 0 Å². The SMILES string of the molecule is CCc1ccc(NC(=O)c2ccc(COC)o2)cc1. The highest BCUT2D eigenvalue weighted by molar-refractivity contribution is 6.02. The highest BCUT2D eigenvalue weighted by Crippen LogP contribution is 2.14. The number of carbonyl (C=O) groups is 1. The molecule has 1 aromatic carbocycles. The zero-order chi connectivity index (χ0) is 13.7. The van der Waals surface area contributed by atoms with Crippen molar-refractivity contribution < 1.29 is 13.9 Å². The van der Waals surface area contributed by atoms with Crippen LogP contribution in [0.4, 0.5) is 5.69 Å². The van der Waals surface area contributed by atoms with E-state index in [0.717, 1.165) is 12.1 Å². The van der Waals surface area contributed by atoms with Gasteiger partial charge in [0, 0.05) is 12.8 Å². The molecule has 0 radical (unpaired) electrons. The molecule has 0 atom stereocenters. The molecule has 0 saturated heterocycles. The van der Waals surface area contributed by atoms with Crippen LogP contribution in [0.2, 0.25) is 0 Å². The van der Waals surface area contributed by atoms with E-state index in [0.29, 0.717) is 12.4 Å². The molecule has 100 valence electrons. The number of benzene rings is 1. The first kappa shape index (κ1) is 13.4. The van der Waals surface area contributed by atoms with Gasteiger partial charge in [0.15, 0.2) is 5.76 Å². The fourth-order valence-electron chi connectivity index (χ4n) is 1.74. The van der Waals surface area contributed by atoms with Gasteiger partial charge in [0.1, 0.15) is 12.4 Å². The normalized spacial score (nSPS) is 10.4. The minimum absolute atomic E-state index is 0.258. The van der Waals surface area contributed by atoms with Crippen LogP contribution in [-0.4, -0.2) is 13.0 Å². The fraction of sp³-hybridized carbons (Fsp3) is 0.267. The molecule has 1 aromatic heterocycles. The number of furan rings is 1. The lowest BCUT2D eigenvalue weighted by Gasteiger charge is -2.04. The summed E-state index contributed by atoms with van der Waals surface area (Å²) in [4.78, 5) is 11.9. The summed E-state index contributed by atoms with van der Waals surface area (Å²) in [5, 5.41) is 2.79. The van der Waals surface area contributed by atoms with E-state index in [4.69, 9.17) is 9.15 Å². The van der Waals surface area contributed by atoms with Crippen molar-refractivity contribution in [3.63, 3.8) is 0 Å². The van der Waals surface area contributed by atoms with Crippen molar-refractivity contribution in [3.05, 3.63) is 53.5 Å². The van der Waals surface area contributed by atoms with E-state index in [-0.39, 0.29) is 11.7 Å². The summed E-state index contributed by atoms with van der Waals surface area (Å²) in [5.74, 6) is 0.659. The lowest BCUT2D eigenvalue weighted by molar-refractivity contribution is 0.0987. The molecule has 1 N–H and O–H groups in total. The maximum Gasteiger partial charge on any atom is 0.291 e. The first-order chi connectivity index (χ1) is 9.22. The third-order valence-electron chi connectivity index (χ3n) is 2.79. The second-order valence-electron chi connectivity index (χ2n) is 4.20. The monoisotopic (exact) mass is 259 g/mol. The van der Waals surface area contributed by atoms with Crippen LogP contribution in [0.15, 0.2) is 40.8 Å². The van der Waals surface area contributed by atoms with E-state index in [1.54, 1.807) is 19.2 Å². The molecule has 0 fully saturated rings. The summed E-state index contributed by atoms with van der Waals surface area (Å²) in [7, 11) is 1.58. The standard InChI is InChI=1S/C15H17NO3/c1-3-11-4-6-12(7-5-11)16-15(17)14-9-8-13(19-14)10-18-2/h4-9H,3,10H2,1-2H3,(H,16,17). The van der Waals surface area contributed by atoms with Gasteiger partial charge in [0.25, 0.3) is 5.91 Å². The number of ether oxygens (including phenoxy) is 1. The molecule has 0 saturated carbocycles. The summed E-state index contributed by atoms with van der Waals surface area (Å²) in [6.45, 7) is 2.45. The molecule has 1 amide bonds. The molecule has 4 nitrogen and oxygen atoms in total. The minimum atomic E-state index is -0.258. The minimum Gasteiger partial charge on any atom is -0.453 e. The van der Waals surface area contributed by atoms with Crippen LogP contribution in [-0.2, 0) is 17.8 Å². The first-order valence-electron chi connectivity index (χ1n) is 6.21. The first-order valence-corrected chi connectivity index (χ1v) is 6.21. The summed E-state index contributed by atoms with van der Waals surface area (Å²) in [6.07, 6.45) is 0.979. The predicted octanol–water partition coefficient (Wildman–Crippen LogP) is 3.24. The molecule has 1 heterocycles. The van der Waals surface area contributed by atoms with Gasteiger partial charge in [-0.2, -0.15) is 0 Å². The van der Waals surface area contributed by atoms with Crippen LogP contribution in [0, 0.1) is 0 Å². The van der Waals surface area contributed by atoms with Crippen molar-refractivity contribution in [2.75, 3.05) is 12.4 Å². The van der Waals surface area contributed by atoms with E-state index in [1.807, 2.05) is 24.3 Å². The molecule has 0 aliphatic carbocycles. The zero-order valence-electron chi connectivity index (χ0n) is 11.1. The fourth-order valence-corrected chi connectivity index (χ4v) is 1.74. The largest absolute Gasteiger partial charge is 0.453 e. The smallest absolute Gasteiger partial charge is 0.291 e. The third kappa shape index (κ3) is 3.45. The Bertz CT molecular complexity index is 543. The number of anilines is 1. The summed E-state index contributed by atoms with van der Waals surface area (Å²) >= 11 is 0. The average Bonchev–Trinajstić information content (AvgIpc) is 2.89. The lowest BCUT2D eigenvalue weighted by Crippen LogP contribution is -2.10. The number of carbonyl (C=O) groups excluding carboxylic acids is 1. The molecule has 0 spiro atoms. The summed E-state index contributed by atoms with van der Waals surface area (Å²) < 4.78 is 10.3. The number of methoxy groups -OCH3 is 1. The predicted molar refractivity (Wildman–Crippen MR) is 73.2 cm³/mol. The van der Waals surface area contributed by atoms with Crippen LogP contribution in [0.1, 0.15) is 28.8 Å². The van der Waals surface area contributed by atoms with E-state index in [1.165, 1.54) is 5.56 Å². The van der Waals surface area contributed by atoms with E-state index in [2.05, 4.69) is 12.2 Å². The number of rotatable bonds is 5. The quantitative estimate of drug-likeness (QED) is 0.896. The Hall–Kier alpha value is -2.07. The van der Waals surface area contributed by atoms with Crippen molar-refractivity contribution in [2.24, 2.45) is 0 Å². The Kier molecular flexibility index (Phi) is 4.36. The topological polar surface area (TPSA) is 51.5 Å². The zero-order valence-corrected chi connectivity index (χ0v) is 11.1. The molecular formula is C15H17NO3. The number of hydrogen-bond acceptors (Lipinski definition) is 3. The molecule has 0 unspecified atom stereocenters. The van der Waals surface area contributed by atoms with E-state index in [9.17, 15) is 4.79 Å². The lowest BCUT2D eigenvalue weighted by atomic mass is 10.1. The molecule has 0 bridgehead atoms. The van der Waals surface area contributed by atoms with E-state index < -0.39 is 0 Å². The van der Waals surface area contributed by atoms with Gasteiger partial charge in [-0.1, -0.05) is 19.1 Å². The van der Waals surface area contributed by atoms with Crippen molar-refractivity contribution >= 4 is 11.6 Å². The van der Waals surface area contributed by atoms with Crippen molar-refractivity contribution in [2.45, 2.75) is 20.0 Å². The van der Waals surface area contributed by atoms with Gasteiger partial charge in [-0.15, -0.1) is 0 Å². The second kappa shape index (κ2) is 6.20. The third-order valence-corrected chi connectivity index (χ3v) is 2.79. The Morgan fingerprint density at radius 1 is 1.21 bits per heavy atom. The second-order valence-corrected chi connectivity index (χ2v) is 4.20. The van der Waals surface area contributed by atoms with Gasteiger partial charge in [0.2, 0.25) is 0 Å². The number of nitrogens with one attached hydrogen (secondary N) is 1. The van der Waals surface area contributed by atoms with Crippen molar-refractivity contribution in [1.82, 2.24) is 0 Å². The number of amides is 1. The Morgan fingerprint density at radius 2 is 1.95 bits per heavy atom. The Morgan fingerprint density at radius 3 is 2.58 bits per heavy atom. The van der Waals surface area contributed by atoms with Crippen LogP contribution in [0.5, 0.6) is 0 Å². The molecule has 0 aliphatic heterocycles. The summed E-state index contributed by atoms with van der Waals surface area (Å²) in [5.41, 5.74) is 1.99. The maximum absolute atomic E-state index is 11.9. The van der Waals surface area contributed by atoms with Gasteiger partial charge < -0.3 is 14.5 Å². The van der Waals surface area contributed by atoms with Crippen LogP contribution < -0.4 is 5.32 Å². The Balaban J connectivity index is 2.02. The van der Waals surface area contributed by atoms with Gasteiger partial charge in [-0.25, -0.2) is 0 Å².